The zero-order chi connectivity index (χ0) is 22.3. The van der Waals surface area contributed by atoms with E-state index in [0.717, 1.165) is 0 Å². The Bertz CT molecular complexity index is 368. The molecular weight excluding hydrogens is 336 g/mol. The molecule has 6 N–H and O–H groups in total. The normalized spacial score (nSPS) is 12.8. The van der Waals surface area contributed by atoms with Gasteiger partial charge in [-0.15, -0.1) is 0 Å². The average Bonchev–Trinajstić information content (AvgIpc) is 2.34. The van der Waals surface area contributed by atoms with Crippen LogP contribution in [0.2, 0.25) is 0 Å². The van der Waals surface area contributed by atoms with E-state index < -0.39 is 11.9 Å². The molecule has 0 aromatic heterocycles. The van der Waals surface area contributed by atoms with E-state index in [0.29, 0.717) is 0 Å². The van der Waals surface area contributed by atoms with E-state index in [2.05, 4.69) is 83.1 Å². The Hall–Kier alpha value is -1.22. The minimum absolute atomic E-state index is 0.0538. The molecule has 0 fully saturated rings. The third-order valence-corrected chi connectivity index (χ3v) is 3.07. The monoisotopic (exact) mass is 378 g/mol. The van der Waals surface area contributed by atoms with Gasteiger partial charge in [-0.05, 0) is 83.1 Å². The summed E-state index contributed by atoms with van der Waals surface area (Å²) < 4.78 is 0. The SMILES string of the molecule is CC(C)(C)N(N)C(C)(C)C.CC(C)(C)N(N)C(C)(C)C.O=C(O)C(=O)O. The molecule has 0 radical (unpaired) electrons. The van der Waals surface area contributed by atoms with Crippen molar-refractivity contribution in [3.8, 4) is 0 Å². The second-order valence-corrected chi connectivity index (χ2v) is 10.0. The van der Waals surface area contributed by atoms with Gasteiger partial charge in [-0.2, -0.15) is 0 Å². The maximum atomic E-state index is 9.10. The first-order valence-electron chi connectivity index (χ1n) is 8.52. The fourth-order valence-electron chi connectivity index (χ4n) is 2.01. The van der Waals surface area contributed by atoms with Crippen LogP contribution in [0.25, 0.3) is 0 Å². The molecule has 0 aliphatic heterocycles. The Kier molecular flexibility index (Phi) is 11.6. The van der Waals surface area contributed by atoms with Gasteiger partial charge in [0.05, 0.1) is 0 Å². The molecule has 0 unspecified atom stereocenters. The first-order chi connectivity index (χ1) is 11.0. The van der Waals surface area contributed by atoms with Crippen molar-refractivity contribution >= 4 is 11.9 Å². The van der Waals surface area contributed by atoms with Crippen LogP contribution in [0.15, 0.2) is 0 Å². The quantitative estimate of drug-likeness (QED) is 0.287. The first kappa shape index (κ1) is 29.5. The average molecular weight is 379 g/mol. The van der Waals surface area contributed by atoms with Gasteiger partial charge in [-0.25, -0.2) is 19.6 Å². The molecule has 0 aliphatic carbocycles. The van der Waals surface area contributed by atoms with Crippen molar-refractivity contribution in [2.75, 3.05) is 0 Å². The summed E-state index contributed by atoms with van der Waals surface area (Å²) in [4.78, 5) is 18.2. The predicted molar refractivity (Wildman–Crippen MR) is 106 cm³/mol. The molecule has 0 atom stereocenters. The second-order valence-electron chi connectivity index (χ2n) is 10.0. The topological polar surface area (TPSA) is 133 Å². The van der Waals surface area contributed by atoms with E-state index in [9.17, 15) is 0 Å². The zero-order valence-electron chi connectivity index (χ0n) is 18.8. The van der Waals surface area contributed by atoms with Crippen molar-refractivity contribution in [1.29, 1.82) is 0 Å². The molecule has 0 amide bonds. The lowest BCUT2D eigenvalue weighted by molar-refractivity contribution is -0.159. The van der Waals surface area contributed by atoms with Crippen LogP contribution in [0.4, 0.5) is 0 Å². The number of carboxylic acid groups (broad SMARTS) is 2. The minimum Gasteiger partial charge on any atom is -0.473 e. The number of hydrazine groups is 2. The Balaban J connectivity index is -0.000000316. The van der Waals surface area contributed by atoms with E-state index in [1.54, 1.807) is 0 Å². The summed E-state index contributed by atoms with van der Waals surface area (Å²) in [5.74, 6) is 8.07. The number of carbonyl (C=O) groups is 2. The first-order valence-corrected chi connectivity index (χ1v) is 8.52. The molecule has 26 heavy (non-hydrogen) atoms. The number of carboxylic acids is 2. The van der Waals surface area contributed by atoms with Gasteiger partial charge in [-0.3, -0.25) is 11.7 Å². The zero-order valence-corrected chi connectivity index (χ0v) is 18.8. The van der Waals surface area contributed by atoms with E-state index >= 15 is 0 Å². The van der Waals surface area contributed by atoms with E-state index in [4.69, 9.17) is 31.5 Å². The number of hydrogen-bond acceptors (Lipinski definition) is 6. The fourth-order valence-corrected chi connectivity index (χ4v) is 2.01. The standard InChI is InChI=1S/2C8H20N2.C2H2O4/c2*1-7(2,3)10(9)8(4,5)6;3-1(4)2(5)6/h2*9H2,1-6H3;(H,3,4)(H,5,6). The Labute approximate surface area is 159 Å². The van der Waals surface area contributed by atoms with Gasteiger partial charge in [0.15, 0.2) is 0 Å². The lowest BCUT2D eigenvalue weighted by Crippen LogP contribution is -2.56. The maximum Gasteiger partial charge on any atom is 0.414 e. The number of rotatable bonds is 0. The third-order valence-electron chi connectivity index (χ3n) is 3.07. The van der Waals surface area contributed by atoms with Gasteiger partial charge in [0.2, 0.25) is 0 Å². The third kappa shape index (κ3) is 15.1. The van der Waals surface area contributed by atoms with Gasteiger partial charge >= 0.3 is 11.9 Å². The molecule has 8 nitrogen and oxygen atoms in total. The van der Waals surface area contributed by atoms with Gasteiger partial charge in [-0.1, -0.05) is 0 Å². The van der Waals surface area contributed by atoms with Crippen molar-refractivity contribution in [2.45, 2.75) is 105 Å². The van der Waals surface area contributed by atoms with Crippen LogP contribution < -0.4 is 11.7 Å². The van der Waals surface area contributed by atoms with Gasteiger partial charge < -0.3 is 10.2 Å². The number of nitrogens with zero attached hydrogens (tertiary/aromatic N) is 2. The van der Waals surface area contributed by atoms with E-state index in [-0.39, 0.29) is 22.2 Å². The Morgan fingerprint density at radius 2 is 0.654 bits per heavy atom. The smallest absolute Gasteiger partial charge is 0.414 e. The molecule has 0 saturated carbocycles. The highest BCUT2D eigenvalue weighted by molar-refractivity contribution is 6.27. The van der Waals surface area contributed by atoms with Crippen LogP contribution in [-0.4, -0.2) is 54.3 Å². The van der Waals surface area contributed by atoms with Gasteiger partial charge in [0.25, 0.3) is 0 Å². The number of nitrogens with two attached hydrogens (primary N) is 2. The summed E-state index contributed by atoms with van der Waals surface area (Å²) in [6, 6.07) is 0. The van der Waals surface area contributed by atoms with Crippen LogP contribution >= 0.6 is 0 Å². The van der Waals surface area contributed by atoms with Crippen molar-refractivity contribution in [3.05, 3.63) is 0 Å². The summed E-state index contributed by atoms with van der Waals surface area (Å²) >= 11 is 0. The summed E-state index contributed by atoms with van der Waals surface area (Å²) in [5, 5.41) is 18.5. The summed E-state index contributed by atoms with van der Waals surface area (Å²) in [6.45, 7) is 25.3. The maximum absolute atomic E-state index is 9.10. The lowest BCUT2D eigenvalue weighted by Gasteiger charge is -2.41. The van der Waals surface area contributed by atoms with Crippen molar-refractivity contribution in [1.82, 2.24) is 10.0 Å². The van der Waals surface area contributed by atoms with Crippen LogP contribution in [-0.2, 0) is 9.59 Å². The molecule has 0 heterocycles. The van der Waals surface area contributed by atoms with Crippen LogP contribution in [0.1, 0.15) is 83.1 Å². The summed E-state index contributed by atoms with van der Waals surface area (Å²) in [7, 11) is 0. The van der Waals surface area contributed by atoms with E-state index in [1.807, 2.05) is 10.0 Å². The fraction of sp³-hybridized carbons (Fsp3) is 0.889. The van der Waals surface area contributed by atoms with Gasteiger partial charge in [0, 0.05) is 22.2 Å². The molecule has 0 aromatic rings. The molecule has 158 valence electrons. The number of hydrogen-bond donors (Lipinski definition) is 4. The Morgan fingerprint density at radius 3 is 0.654 bits per heavy atom. The predicted octanol–water partition coefficient (Wildman–Crippen LogP) is 2.67. The highest BCUT2D eigenvalue weighted by Gasteiger charge is 2.28. The van der Waals surface area contributed by atoms with Crippen LogP contribution in [0, 0.1) is 0 Å². The largest absolute Gasteiger partial charge is 0.473 e. The van der Waals surface area contributed by atoms with E-state index in [1.165, 1.54) is 0 Å². The molecule has 0 bridgehead atoms. The second kappa shape index (κ2) is 10.2. The number of aliphatic carboxylic acids is 2. The molecule has 8 heteroatoms. The molecule has 0 rings (SSSR count). The van der Waals surface area contributed by atoms with Crippen LogP contribution in [0.5, 0.6) is 0 Å². The summed E-state index contributed by atoms with van der Waals surface area (Å²) in [6.07, 6.45) is 0. The minimum atomic E-state index is -1.82. The van der Waals surface area contributed by atoms with Crippen molar-refractivity contribution < 1.29 is 19.8 Å². The molecular formula is C18H42N4O4. The lowest BCUT2D eigenvalue weighted by atomic mass is 9.99. The van der Waals surface area contributed by atoms with Gasteiger partial charge in [0.1, 0.15) is 0 Å². The molecule has 0 spiro atoms. The van der Waals surface area contributed by atoms with Crippen LogP contribution in [0.3, 0.4) is 0 Å². The van der Waals surface area contributed by atoms with Crippen molar-refractivity contribution in [2.24, 2.45) is 11.7 Å². The Morgan fingerprint density at radius 1 is 0.538 bits per heavy atom. The summed E-state index contributed by atoms with van der Waals surface area (Å²) in [5.41, 5.74) is 0.215. The highest BCUT2D eigenvalue weighted by Crippen LogP contribution is 2.20. The molecule has 0 aliphatic rings. The van der Waals surface area contributed by atoms with Crippen molar-refractivity contribution in [3.63, 3.8) is 0 Å². The highest BCUT2D eigenvalue weighted by atomic mass is 16.4. The molecule has 0 aromatic carbocycles. The molecule has 0 saturated heterocycles.